The maximum absolute atomic E-state index is 12.6. The minimum Gasteiger partial charge on any atom is -0.351 e. The number of nitrogens with one attached hydrogen (secondary N) is 1. The predicted octanol–water partition coefficient (Wildman–Crippen LogP) is 4.51. The lowest BCUT2D eigenvalue weighted by molar-refractivity contribution is 0.0957. The van der Waals surface area contributed by atoms with Crippen LogP contribution in [0.2, 0.25) is 5.02 Å². The average molecular weight is 374 g/mol. The Morgan fingerprint density at radius 3 is 2.60 bits per heavy atom. The van der Waals surface area contributed by atoms with Gasteiger partial charge in [-0.25, -0.2) is 4.98 Å². The Morgan fingerprint density at radius 1 is 1.20 bits per heavy atom. The summed E-state index contributed by atoms with van der Waals surface area (Å²) in [5.41, 5.74) is 2.02. The van der Waals surface area contributed by atoms with Crippen molar-refractivity contribution in [2.75, 3.05) is 6.54 Å². The van der Waals surface area contributed by atoms with Crippen LogP contribution in [-0.4, -0.2) is 22.0 Å². The molecule has 0 aliphatic carbocycles. The van der Waals surface area contributed by atoms with E-state index in [2.05, 4.69) is 17.2 Å². The molecule has 3 aromatic rings. The van der Waals surface area contributed by atoms with Gasteiger partial charge in [0.1, 0.15) is 4.88 Å². The fourth-order valence-electron chi connectivity index (χ4n) is 2.55. The number of aryl methyl sites for hydroxylation is 1. The summed E-state index contributed by atoms with van der Waals surface area (Å²) in [5.74, 6) is -0.0479. The van der Waals surface area contributed by atoms with Gasteiger partial charge < -0.3 is 9.88 Å². The molecule has 25 heavy (non-hydrogen) atoms. The van der Waals surface area contributed by atoms with Crippen molar-refractivity contribution in [3.05, 3.63) is 69.9 Å². The number of rotatable bonds is 7. The van der Waals surface area contributed by atoms with Crippen molar-refractivity contribution in [1.82, 2.24) is 14.9 Å². The summed E-state index contributed by atoms with van der Waals surface area (Å²) in [7, 11) is 0. The second kappa shape index (κ2) is 8.32. The van der Waals surface area contributed by atoms with Gasteiger partial charge in [0.05, 0.1) is 5.69 Å². The van der Waals surface area contributed by atoms with Gasteiger partial charge in [0, 0.05) is 24.0 Å². The van der Waals surface area contributed by atoms with Crippen LogP contribution in [-0.2, 0) is 12.8 Å². The van der Waals surface area contributed by atoms with Crippen molar-refractivity contribution in [3.8, 4) is 5.13 Å². The molecule has 0 unspecified atom stereocenters. The van der Waals surface area contributed by atoms with Crippen LogP contribution in [0, 0.1) is 0 Å². The van der Waals surface area contributed by atoms with Crippen molar-refractivity contribution in [3.63, 3.8) is 0 Å². The summed E-state index contributed by atoms with van der Waals surface area (Å²) in [5, 5.41) is 4.56. The summed E-state index contributed by atoms with van der Waals surface area (Å²) in [6, 6.07) is 11.6. The molecule has 0 atom stereocenters. The lowest BCUT2D eigenvalue weighted by atomic mass is 10.1. The molecule has 0 fully saturated rings. The molecule has 0 saturated carbocycles. The summed E-state index contributed by atoms with van der Waals surface area (Å²) >= 11 is 7.33. The predicted molar refractivity (Wildman–Crippen MR) is 103 cm³/mol. The normalized spacial score (nSPS) is 10.8. The monoisotopic (exact) mass is 373 g/mol. The zero-order valence-corrected chi connectivity index (χ0v) is 15.6. The molecule has 0 bridgehead atoms. The number of nitrogens with zero attached hydrogens (tertiary/aromatic N) is 2. The maximum Gasteiger partial charge on any atom is 0.263 e. The standard InChI is InChI=1S/C19H20ClN3OS/c1-2-5-16-17(25-19(22-16)23-12-3-4-13-23)18(24)21-11-10-14-6-8-15(20)9-7-14/h3-4,6-9,12-13H,2,5,10-11H2,1H3,(H,21,24). The molecule has 3 rings (SSSR count). The van der Waals surface area contributed by atoms with Gasteiger partial charge in [0.25, 0.3) is 5.91 Å². The van der Waals surface area contributed by atoms with Gasteiger partial charge in [-0.05, 0) is 42.7 Å². The molecule has 0 radical (unpaired) electrons. The first-order valence-electron chi connectivity index (χ1n) is 8.33. The van der Waals surface area contributed by atoms with Gasteiger partial charge in [-0.15, -0.1) is 0 Å². The first-order chi connectivity index (χ1) is 12.2. The SMILES string of the molecule is CCCc1nc(-n2cccc2)sc1C(=O)NCCc1ccc(Cl)cc1. The highest BCUT2D eigenvalue weighted by atomic mass is 35.5. The molecule has 4 nitrogen and oxygen atoms in total. The second-order valence-corrected chi connectivity index (χ2v) is 7.16. The van der Waals surface area contributed by atoms with Crippen LogP contribution < -0.4 is 5.32 Å². The third kappa shape index (κ3) is 4.50. The van der Waals surface area contributed by atoms with Gasteiger partial charge in [0.2, 0.25) is 0 Å². The molecule has 1 N–H and O–H groups in total. The highest BCUT2D eigenvalue weighted by Crippen LogP contribution is 2.23. The fourth-order valence-corrected chi connectivity index (χ4v) is 3.67. The smallest absolute Gasteiger partial charge is 0.263 e. The fraction of sp³-hybridized carbons (Fsp3) is 0.263. The highest BCUT2D eigenvalue weighted by Gasteiger charge is 2.18. The Morgan fingerprint density at radius 2 is 1.92 bits per heavy atom. The molecule has 6 heteroatoms. The van der Waals surface area contributed by atoms with Crippen LogP contribution in [0.25, 0.3) is 5.13 Å². The average Bonchev–Trinajstić information content (AvgIpc) is 3.26. The van der Waals surface area contributed by atoms with E-state index < -0.39 is 0 Å². The molecule has 2 aromatic heterocycles. The Balaban J connectivity index is 1.67. The molecule has 0 saturated heterocycles. The molecule has 0 aliphatic heterocycles. The first kappa shape index (κ1) is 17.7. The molecule has 1 amide bonds. The number of benzene rings is 1. The molecule has 2 heterocycles. The topological polar surface area (TPSA) is 46.9 Å². The lowest BCUT2D eigenvalue weighted by Gasteiger charge is -2.05. The number of carbonyl (C=O) groups is 1. The minimum atomic E-state index is -0.0479. The highest BCUT2D eigenvalue weighted by molar-refractivity contribution is 7.16. The number of carbonyl (C=O) groups excluding carboxylic acids is 1. The van der Waals surface area contributed by atoms with Crippen molar-refractivity contribution < 1.29 is 4.79 Å². The third-order valence-corrected chi connectivity index (χ3v) is 5.18. The van der Waals surface area contributed by atoms with Gasteiger partial charge in [-0.1, -0.05) is 48.4 Å². The van der Waals surface area contributed by atoms with Gasteiger partial charge in [-0.3, -0.25) is 4.79 Å². The van der Waals surface area contributed by atoms with E-state index >= 15 is 0 Å². The van der Waals surface area contributed by atoms with E-state index in [-0.39, 0.29) is 5.91 Å². The third-order valence-electron chi connectivity index (χ3n) is 3.82. The van der Waals surface area contributed by atoms with Crippen LogP contribution in [0.5, 0.6) is 0 Å². The number of hydrogen-bond acceptors (Lipinski definition) is 3. The van der Waals surface area contributed by atoms with E-state index in [0.29, 0.717) is 11.4 Å². The maximum atomic E-state index is 12.6. The molecule has 130 valence electrons. The van der Waals surface area contributed by atoms with Crippen molar-refractivity contribution in [1.29, 1.82) is 0 Å². The van der Waals surface area contributed by atoms with Gasteiger partial charge in [-0.2, -0.15) is 0 Å². The summed E-state index contributed by atoms with van der Waals surface area (Å²) < 4.78 is 1.94. The first-order valence-corrected chi connectivity index (χ1v) is 9.52. The van der Waals surface area contributed by atoms with E-state index in [1.807, 2.05) is 53.4 Å². The van der Waals surface area contributed by atoms with E-state index in [0.717, 1.165) is 40.7 Å². The summed E-state index contributed by atoms with van der Waals surface area (Å²) in [6.45, 7) is 2.68. The van der Waals surface area contributed by atoms with Crippen LogP contribution in [0.3, 0.4) is 0 Å². The van der Waals surface area contributed by atoms with E-state index in [1.54, 1.807) is 0 Å². The number of amides is 1. The Hall–Kier alpha value is -2.11. The Bertz CT molecular complexity index is 825. The summed E-state index contributed by atoms with van der Waals surface area (Å²) in [6.07, 6.45) is 6.42. The quantitative estimate of drug-likeness (QED) is 0.662. The van der Waals surface area contributed by atoms with E-state index in [9.17, 15) is 4.79 Å². The second-order valence-electron chi connectivity index (χ2n) is 5.74. The molecular weight excluding hydrogens is 354 g/mol. The molecule has 0 spiro atoms. The van der Waals surface area contributed by atoms with Crippen LogP contribution in [0.4, 0.5) is 0 Å². The minimum absolute atomic E-state index is 0.0479. The van der Waals surface area contributed by atoms with Crippen molar-refractivity contribution >= 4 is 28.8 Å². The summed E-state index contributed by atoms with van der Waals surface area (Å²) in [4.78, 5) is 18.0. The Kier molecular flexibility index (Phi) is 5.89. The number of halogens is 1. The van der Waals surface area contributed by atoms with Crippen LogP contribution in [0.15, 0.2) is 48.8 Å². The molecular formula is C19H20ClN3OS. The van der Waals surface area contributed by atoms with Crippen molar-refractivity contribution in [2.24, 2.45) is 0 Å². The zero-order chi connectivity index (χ0) is 17.6. The Labute approximate surface area is 156 Å². The van der Waals surface area contributed by atoms with Gasteiger partial charge >= 0.3 is 0 Å². The molecule has 1 aromatic carbocycles. The number of aromatic nitrogens is 2. The molecule has 0 aliphatic rings. The van der Waals surface area contributed by atoms with E-state index in [4.69, 9.17) is 11.6 Å². The number of thiazole rings is 1. The van der Waals surface area contributed by atoms with Gasteiger partial charge in [0.15, 0.2) is 5.13 Å². The van der Waals surface area contributed by atoms with Crippen LogP contribution >= 0.6 is 22.9 Å². The van der Waals surface area contributed by atoms with E-state index in [1.165, 1.54) is 11.3 Å². The number of hydrogen-bond donors (Lipinski definition) is 1. The zero-order valence-electron chi connectivity index (χ0n) is 14.0. The van der Waals surface area contributed by atoms with Crippen LogP contribution in [0.1, 0.15) is 34.3 Å². The largest absolute Gasteiger partial charge is 0.351 e. The lowest BCUT2D eigenvalue weighted by Crippen LogP contribution is -2.25. The van der Waals surface area contributed by atoms with Crippen molar-refractivity contribution in [2.45, 2.75) is 26.2 Å².